The maximum absolute atomic E-state index is 9.78. The number of hydrogen-bond donors (Lipinski definition) is 1. The van der Waals surface area contributed by atoms with Crippen LogP contribution in [-0.4, -0.2) is 23.4 Å². The zero-order chi connectivity index (χ0) is 14.7. The third kappa shape index (κ3) is 3.41. The van der Waals surface area contributed by atoms with Crippen molar-refractivity contribution in [3.8, 4) is 5.75 Å². The van der Waals surface area contributed by atoms with Crippen molar-refractivity contribution in [3.63, 3.8) is 0 Å². The number of benzene rings is 1. The lowest BCUT2D eigenvalue weighted by Gasteiger charge is -2.23. The number of hydrogen-bond acceptors (Lipinski definition) is 3. The largest absolute Gasteiger partial charge is 0.491 e. The first kappa shape index (κ1) is 14.9. The van der Waals surface area contributed by atoms with Gasteiger partial charge in [-0.15, -0.1) is 0 Å². The molecule has 1 N–H and O–H groups in total. The summed E-state index contributed by atoms with van der Waals surface area (Å²) in [7, 11) is 0. The summed E-state index contributed by atoms with van der Waals surface area (Å²) < 4.78 is 12.1. The minimum absolute atomic E-state index is 0.184. The van der Waals surface area contributed by atoms with Crippen LogP contribution in [0.25, 0.3) is 0 Å². The van der Waals surface area contributed by atoms with Gasteiger partial charge in [0.25, 0.3) is 0 Å². The molecule has 1 saturated carbocycles. The molecule has 1 spiro atoms. The summed E-state index contributed by atoms with van der Waals surface area (Å²) in [6.45, 7) is 2.61. The Morgan fingerprint density at radius 1 is 1.24 bits per heavy atom. The smallest absolute Gasteiger partial charge is 0.119 e. The fourth-order valence-electron chi connectivity index (χ4n) is 3.61. The van der Waals surface area contributed by atoms with Gasteiger partial charge in [-0.1, -0.05) is 31.9 Å². The molecule has 0 radical (unpaired) electrons. The summed E-state index contributed by atoms with van der Waals surface area (Å²) in [4.78, 5) is 0. The van der Waals surface area contributed by atoms with Gasteiger partial charge in [0.05, 0.1) is 17.8 Å². The molecule has 0 amide bonds. The first-order valence-corrected chi connectivity index (χ1v) is 8.29. The molecule has 1 aliphatic carbocycles. The van der Waals surface area contributed by atoms with Crippen LogP contribution in [-0.2, 0) is 4.74 Å². The fraction of sp³-hybridized carbons (Fsp3) is 0.667. The molecule has 1 aromatic rings. The predicted octanol–water partition coefficient (Wildman–Crippen LogP) is 4.00. The Kier molecular flexibility index (Phi) is 4.51. The molecule has 3 heteroatoms. The minimum atomic E-state index is -0.376. The van der Waals surface area contributed by atoms with Crippen LogP contribution in [0.15, 0.2) is 24.3 Å². The highest BCUT2D eigenvalue weighted by Crippen LogP contribution is 2.43. The van der Waals surface area contributed by atoms with Gasteiger partial charge in [0.1, 0.15) is 12.4 Å². The minimum Gasteiger partial charge on any atom is -0.491 e. The molecule has 21 heavy (non-hydrogen) atoms. The van der Waals surface area contributed by atoms with Crippen molar-refractivity contribution in [1.82, 2.24) is 0 Å². The third-order valence-electron chi connectivity index (χ3n) is 4.94. The Labute approximate surface area is 127 Å². The quantitative estimate of drug-likeness (QED) is 0.890. The molecule has 3 rings (SSSR count). The van der Waals surface area contributed by atoms with Crippen molar-refractivity contribution < 1.29 is 14.6 Å². The van der Waals surface area contributed by atoms with Gasteiger partial charge in [-0.25, -0.2) is 0 Å². The lowest BCUT2D eigenvalue weighted by Crippen LogP contribution is -2.27. The van der Waals surface area contributed by atoms with Crippen LogP contribution >= 0.6 is 0 Å². The summed E-state index contributed by atoms with van der Waals surface area (Å²) in [5.74, 6) is 0.859. The molecule has 1 unspecified atom stereocenters. The molecule has 0 bridgehead atoms. The molecular weight excluding hydrogens is 264 g/mol. The zero-order valence-electron chi connectivity index (χ0n) is 12.9. The van der Waals surface area contributed by atoms with E-state index in [1.54, 1.807) is 0 Å². The molecule has 116 valence electrons. The second kappa shape index (κ2) is 6.37. The van der Waals surface area contributed by atoms with Crippen LogP contribution in [0.5, 0.6) is 5.75 Å². The van der Waals surface area contributed by atoms with Crippen LogP contribution in [0.3, 0.4) is 0 Å². The highest BCUT2D eigenvalue weighted by atomic mass is 16.6. The molecule has 2 fully saturated rings. The normalized spacial score (nSPS) is 25.3. The summed E-state index contributed by atoms with van der Waals surface area (Å²) >= 11 is 0. The molecular formula is C18H26O3. The monoisotopic (exact) mass is 290 g/mol. The number of aliphatic hydroxyl groups excluding tert-OH is 1. The van der Waals surface area contributed by atoms with Crippen molar-refractivity contribution >= 4 is 0 Å². The fourth-order valence-corrected chi connectivity index (χ4v) is 3.61. The Hall–Kier alpha value is -1.06. The van der Waals surface area contributed by atoms with E-state index >= 15 is 0 Å². The zero-order valence-corrected chi connectivity index (χ0v) is 12.9. The molecule has 2 atom stereocenters. The van der Waals surface area contributed by atoms with E-state index in [4.69, 9.17) is 9.47 Å². The van der Waals surface area contributed by atoms with E-state index in [0.717, 1.165) is 24.2 Å². The highest BCUT2D eigenvalue weighted by molar-refractivity contribution is 5.28. The average molecular weight is 290 g/mol. The van der Waals surface area contributed by atoms with Gasteiger partial charge in [0.15, 0.2) is 0 Å². The topological polar surface area (TPSA) is 38.7 Å². The van der Waals surface area contributed by atoms with Crippen LogP contribution in [0, 0.1) is 0 Å². The first-order chi connectivity index (χ1) is 10.2. The summed E-state index contributed by atoms with van der Waals surface area (Å²) in [5.41, 5.74) is 1.13. The second-order valence-electron chi connectivity index (χ2n) is 6.47. The van der Waals surface area contributed by atoms with Crippen LogP contribution < -0.4 is 4.74 Å². The molecule has 2 aliphatic rings. The van der Waals surface area contributed by atoms with Gasteiger partial charge in [-0.2, -0.15) is 0 Å². The van der Waals surface area contributed by atoms with Gasteiger partial charge >= 0.3 is 0 Å². The van der Waals surface area contributed by atoms with Gasteiger partial charge < -0.3 is 14.6 Å². The van der Waals surface area contributed by atoms with Crippen molar-refractivity contribution in [3.05, 3.63) is 29.8 Å². The van der Waals surface area contributed by atoms with Crippen molar-refractivity contribution in [2.45, 2.75) is 69.7 Å². The molecule has 1 saturated heterocycles. The van der Waals surface area contributed by atoms with E-state index in [2.05, 4.69) is 0 Å². The standard InChI is InChI=1S/C18H26O3/c1-2-17(19)14-5-7-15(8-6-14)20-13-16-9-12-18(21-16)10-3-4-11-18/h5-8,16-17,19H,2-4,9-13H2,1H3/t16?,17-/m0/s1. The lowest BCUT2D eigenvalue weighted by atomic mass is 9.98. The first-order valence-electron chi connectivity index (χ1n) is 8.29. The van der Waals surface area contributed by atoms with E-state index in [0.29, 0.717) is 6.61 Å². The third-order valence-corrected chi connectivity index (χ3v) is 4.94. The Morgan fingerprint density at radius 2 is 1.95 bits per heavy atom. The maximum Gasteiger partial charge on any atom is 0.119 e. The summed E-state index contributed by atoms with van der Waals surface area (Å²) in [6, 6.07) is 7.76. The van der Waals surface area contributed by atoms with Gasteiger partial charge in [-0.3, -0.25) is 0 Å². The predicted molar refractivity (Wildman–Crippen MR) is 82.5 cm³/mol. The Bertz CT molecular complexity index is 448. The van der Waals surface area contributed by atoms with Crippen LogP contribution in [0.4, 0.5) is 0 Å². The van der Waals surface area contributed by atoms with Crippen molar-refractivity contribution in [2.75, 3.05) is 6.61 Å². The van der Waals surface area contributed by atoms with Crippen molar-refractivity contribution in [1.29, 1.82) is 0 Å². The van der Waals surface area contributed by atoms with Gasteiger partial charge in [0, 0.05) is 0 Å². The van der Waals surface area contributed by atoms with E-state index in [1.807, 2.05) is 31.2 Å². The Balaban J connectivity index is 1.49. The molecule has 3 nitrogen and oxygen atoms in total. The highest BCUT2D eigenvalue weighted by Gasteiger charge is 2.42. The van der Waals surface area contributed by atoms with E-state index in [-0.39, 0.29) is 17.8 Å². The van der Waals surface area contributed by atoms with Gasteiger partial charge in [0.2, 0.25) is 0 Å². The SMILES string of the molecule is CC[C@H](O)c1ccc(OCC2CCC3(CCCC3)O2)cc1. The summed E-state index contributed by atoms with van der Waals surface area (Å²) in [5, 5.41) is 9.78. The number of aliphatic hydroxyl groups is 1. The summed E-state index contributed by atoms with van der Waals surface area (Å²) in [6.07, 6.45) is 8.00. The van der Waals surface area contributed by atoms with E-state index in [1.165, 1.54) is 32.1 Å². The Morgan fingerprint density at radius 3 is 2.62 bits per heavy atom. The van der Waals surface area contributed by atoms with Crippen LogP contribution in [0.1, 0.15) is 63.5 Å². The van der Waals surface area contributed by atoms with Gasteiger partial charge in [-0.05, 0) is 49.8 Å². The maximum atomic E-state index is 9.78. The molecule has 1 aromatic carbocycles. The van der Waals surface area contributed by atoms with E-state index in [9.17, 15) is 5.11 Å². The number of ether oxygens (including phenoxy) is 2. The molecule has 1 heterocycles. The number of rotatable bonds is 5. The molecule has 1 aliphatic heterocycles. The lowest BCUT2D eigenvalue weighted by molar-refractivity contribution is -0.0508. The van der Waals surface area contributed by atoms with Crippen molar-refractivity contribution in [2.24, 2.45) is 0 Å². The van der Waals surface area contributed by atoms with E-state index < -0.39 is 0 Å². The average Bonchev–Trinajstić information content (AvgIpc) is 3.15. The van der Waals surface area contributed by atoms with Crippen LogP contribution in [0.2, 0.25) is 0 Å². The molecule has 0 aromatic heterocycles. The second-order valence-corrected chi connectivity index (χ2v) is 6.47.